The lowest BCUT2D eigenvalue weighted by molar-refractivity contribution is 0.0870. The number of aromatic nitrogens is 6. The van der Waals surface area contributed by atoms with Crippen LogP contribution in [0.1, 0.15) is 41.4 Å². The summed E-state index contributed by atoms with van der Waals surface area (Å²) in [6.45, 7) is 7.34. The molecule has 180 valence electrons. The van der Waals surface area contributed by atoms with Crippen molar-refractivity contribution in [3.8, 4) is 17.4 Å². The number of rotatable bonds is 5. The Balaban J connectivity index is 1.41. The Labute approximate surface area is 203 Å². The number of fused-ring (bicyclic) bond motifs is 4. The fourth-order valence-electron chi connectivity index (χ4n) is 5.52. The lowest BCUT2D eigenvalue weighted by atomic mass is 9.75. The Morgan fingerprint density at radius 1 is 1.06 bits per heavy atom. The lowest BCUT2D eigenvalue weighted by Gasteiger charge is -2.45. The van der Waals surface area contributed by atoms with E-state index in [4.69, 9.17) is 9.72 Å². The highest BCUT2D eigenvalue weighted by Crippen LogP contribution is 2.39. The average Bonchev–Trinajstić information content (AvgIpc) is 3.25. The highest BCUT2D eigenvalue weighted by atomic mass is 19.1. The third-order valence-electron chi connectivity index (χ3n) is 7.46. The molecule has 3 aromatic heterocycles. The quantitative estimate of drug-likeness (QED) is 0.435. The Kier molecular flexibility index (Phi) is 5.44. The molecule has 1 atom stereocenters. The summed E-state index contributed by atoms with van der Waals surface area (Å²) in [7, 11) is 1.53. The molecule has 3 saturated heterocycles. The number of ether oxygens (including phenoxy) is 1. The number of hydrogen-bond donors (Lipinski definition) is 0. The zero-order chi connectivity index (χ0) is 24.1. The van der Waals surface area contributed by atoms with Gasteiger partial charge in [0.15, 0.2) is 5.65 Å². The van der Waals surface area contributed by atoms with Crippen molar-refractivity contribution in [3.63, 3.8) is 0 Å². The number of methoxy groups -OCH3 is 1. The molecule has 8 nitrogen and oxygen atoms in total. The Hall–Kier alpha value is -3.46. The van der Waals surface area contributed by atoms with E-state index in [9.17, 15) is 0 Å². The van der Waals surface area contributed by atoms with Crippen LogP contribution in [0.15, 0.2) is 30.6 Å². The van der Waals surface area contributed by atoms with Crippen molar-refractivity contribution in [3.05, 3.63) is 59.1 Å². The second-order valence-electron chi connectivity index (χ2n) is 9.60. The zero-order valence-corrected chi connectivity index (χ0v) is 20.2. The molecule has 0 amide bonds. The maximum absolute atomic E-state index is 15.5. The van der Waals surface area contributed by atoms with Gasteiger partial charge < -0.3 is 14.2 Å². The molecule has 6 heterocycles. The van der Waals surface area contributed by atoms with E-state index in [0.29, 0.717) is 45.9 Å². The van der Waals surface area contributed by atoms with Crippen molar-refractivity contribution < 1.29 is 9.13 Å². The van der Waals surface area contributed by atoms with Crippen molar-refractivity contribution >= 4 is 11.2 Å². The average molecular weight is 474 g/mol. The normalized spacial score (nSPS) is 21.5. The van der Waals surface area contributed by atoms with Gasteiger partial charge in [-0.1, -0.05) is 12.1 Å². The van der Waals surface area contributed by atoms with E-state index >= 15 is 4.39 Å². The van der Waals surface area contributed by atoms with Crippen LogP contribution >= 0.6 is 0 Å². The predicted molar refractivity (Wildman–Crippen MR) is 130 cm³/mol. The van der Waals surface area contributed by atoms with Gasteiger partial charge in [-0.15, -0.1) is 0 Å². The van der Waals surface area contributed by atoms with Crippen LogP contribution in [0.2, 0.25) is 0 Å². The first kappa shape index (κ1) is 22.0. The van der Waals surface area contributed by atoms with Crippen LogP contribution in [0.25, 0.3) is 22.6 Å². The fourth-order valence-corrected chi connectivity index (χ4v) is 5.52. The maximum atomic E-state index is 15.5. The summed E-state index contributed by atoms with van der Waals surface area (Å²) in [5.41, 5.74) is 4.34. The first-order chi connectivity index (χ1) is 17.0. The number of hydrogen-bond acceptors (Lipinski definition) is 7. The SMILES string of the molecule is COc1nc(C)c2nc(-c3cnc(C)nc3)n(Cc3ccc(C4CN5CCC4CC5)cc3F)c2n1. The molecular formula is C26H28FN7O. The summed E-state index contributed by atoms with van der Waals surface area (Å²) in [6, 6.07) is 5.99. The molecule has 2 bridgehead atoms. The number of imidazole rings is 1. The van der Waals surface area contributed by atoms with Gasteiger partial charge in [0, 0.05) is 24.5 Å². The molecule has 3 aliphatic rings. The largest absolute Gasteiger partial charge is 0.467 e. The second-order valence-corrected chi connectivity index (χ2v) is 9.60. The van der Waals surface area contributed by atoms with Gasteiger partial charge in [0.1, 0.15) is 23.0 Å². The molecule has 35 heavy (non-hydrogen) atoms. The van der Waals surface area contributed by atoms with Crippen molar-refractivity contribution in [1.29, 1.82) is 0 Å². The summed E-state index contributed by atoms with van der Waals surface area (Å²) in [4.78, 5) is 24.9. The molecule has 3 fully saturated rings. The van der Waals surface area contributed by atoms with Gasteiger partial charge in [0.05, 0.1) is 24.9 Å². The van der Waals surface area contributed by atoms with E-state index in [1.807, 2.05) is 24.5 Å². The maximum Gasteiger partial charge on any atom is 0.318 e. The van der Waals surface area contributed by atoms with Crippen LogP contribution in [0, 0.1) is 25.6 Å². The molecular weight excluding hydrogens is 445 g/mol. The van der Waals surface area contributed by atoms with Crippen LogP contribution in [0.3, 0.4) is 0 Å². The summed E-state index contributed by atoms with van der Waals surface area (Å²) in [5, 5.41) is 0. The van der Waals surface area contributed by atoms with E-state index in [1.54, 1.807) is 18.5 Å². The summed E-state index contributed by atoms with van der Waals surface area (Å²) >= 11 is 0. The van der Waals surface area contributed by atoms with Gasteiger partial charge in [-0.2, -0.15) is 9.97 Å². The van der Waals surface area contributed by atoms with Gasteiger partial charge in [0.2, 0.25) is 0 Å². The number of nitrogens with zero attached hydrogens (tertiary/aromatic N) is 7. The smallest absolute Gasteiger partial charge is 0.318 e. The molecule has 0 N–H and O–H groups in total. The van der Waals surface area contributed by atoms with E-state index in [1.165, 1.54) is 33.0 Å². The third-order valence-corrected chi connectivity index (χ3v) is 7.46. The topological polar surface area (TPSA) is 81.8 Å². The second kappa shape index (κ2) is 8.64. The first-order valence-electron chi connectivity index (χ1n) is 12.1. The van der Waals surface area contributed by atoms with E-state index in [2.05, 4.69) is 30.9 Å². The molecule has 7 rings (SSSR count). The summed E-state index contributed by atoms with van der Waals surface area (Å²) in [6.07, 6.45) is 5.87. The highest BCUT2D eigenvalue weighted by Gasteiger charge is 2.35. The van der Waals surface area contributed by atoms with E-state index in [-0.39, 0.29) is 18.4 Å². The van der Waals surface area contributed by atoms with E-state index in [0.717, 1.165) is 17.7 Å². The van der Waals surface area contributed by atoms with Gasteiger partial charge >= 0.3 is 6.01 Å². The summed E-state index contributed by atoms with van der Waals surface area (Å²) in [5.74, 6) is 2.15. The minimum atomic E-state index is -0.204. The number of piperidine rings is 3. The summed E-state index contributed by atoms with van der Waals surface area (Å²) < 4.78 is 22.7. The van der Waals surface area contributed by atoms with Gasteiger partial charge in [0.25, 0.3) is 0 Å². The van der Waals surface area contributed by atoms with Crippen molar-refractivity contribution in [1.82, 2.24) is 34.4 Å². The highest BCUT2D eigenvalue weighted by molar-refractivity contribution is 5.79. The molecule has 1 unspecified atom stereocenters. The minimum Gasteiger partial charge on any atom is -0.467 e. The molecule has 9 heteroatoms. The number of benzene rings is 1. The van der Waals surface area contributed by atoms with Crippen molar-refractivity contribution in [2.45, 2.75) is 39.2 Å². The van der Waals surface area contributed by atoms with Crippen molar-refractivity contribution in [2.24, 2.45) is 5.92 Å². The predicted octanol–water partition coefficient (Wildman–Crippen LogP) is 3.91. The standard InChI is InChI=1S/C26H28FN7O/c1-15-23-25(32-26(30-15)35-3)34(24(31-23)20-11-28-16(2)29-12-20)13-19-5-4-18(10-22(19)27)21-14-33-8-6-17(21)7-9-33/h4-5,10-12,17,21H,6-9,13-14H2,1-3H3. The van der Waals surface area contributed by atoms with Crippen LogP contribution in [-0.4, -0.2) is 61.1 Å². The minimum absolute atomic E-state index is 0.204. The molecule has 1 aromatic carbocycles. The van der Waals surface area contributed by atoms with Crippen LogP contribution in [0.4, 0.5) is 4.39 Å². The van der Waals surface area contributed by atoms with Gasteiger partial charge in [-0.3, -0.25) is 0 Å². The van der Waals surface area contributed by atoms with Crippen LogP contribution in [-0.2, 0) is 6.54 Å². The number of halogens is 1. The molecule has 0 saturated carbocycles. The molecule has 0 aliphatic carbocycles. The third kappa shape index (κ3) is 3.93. The zero-order valence-electron chi connectivity index (χ0n) is 20.2. The fraction of sp³-hybridized carbons (Fsp3) is 0.423. The Morgan fingerprint density at radius 3 is 2.49 bits per heavy atom. The lowest BCUT2D eigenvalue weighted by Crippen LogP contribution is -2.46. The Morgan fingerprint density at radius 2 is 1.83 bits per heavy atom. The first-order valence-corrected chi connectivity index (χ1v) is 12.1. The van der Waals surface area contributed by atoms with Gasteiger partial charge in [-0.25, -0.2) is 19.3 Å². The molecule has 0 radical (unpaired) electrons. The van der Waals surface area contributed by atoms with Crippen molar-refractivity contribution in [2.75, 3.05) is 26.7 Å². The molecule has 3 aliphatic heterocycles. The van der Waals surface area contributed by atoms with E-state index < -0.39 is 0 Å². The number of aryl methyl sites for hydroxylation is 2. The van der Waals surface area contributed by atoms with Crippen LogP contribution < -0.4 is 4.74 Å². The monoisotopic (exact) mass is 473 g/mol. The van der Waals surface area contributed by atoms with Crippen LogP contribution in [0.5, 0.6) is 6.01 Å². The molecule has 0 spiro atoms. The van der Waals surface area contributed by atoms with Gasteiger partial charge in [-0.05, 0) is 63.2 Å². The Bertz CT molecular complexity index is 1390. The molecule has 4 aromatic rings.